The maximum absolute atomic E-state index is 12.2. The van der Waals surface area contributed by atoms with Gasteiger partial charge in [0.1, 0.15) is 5.82 Å². The van der Waals surface area contributed by atoms with Crippen LogP contribution in [0.25, 0.3) is 0 Å². The Bertz CT molecular complexity index is 441. The second-order valence-electron chi connectivity index (χ2n) is 5.40. The summed E-state index contributed by atoms with van der Waals surface area (Å²) in [4.78, 5) is 16.4. The Balaban J connectivity index is 1.89. The quantitative estimate of drug-likeness (QED) is 0.770. The average molecular weight is 276 g/mol. The molecule has 1 saturated carbocycles. The number of hydrogen-bond donors (Lipinski definition) is 3. The molecule has 0 bridgehead atoms. The Kier molecular flexibility index (Phi) is 5.35. The largest absolute Gasteiger partial charge is 0.370 e. The fourth-order valence-electron chi connectivity index (χ4n) is 2.69. The minimum absolute atomic E-state index is 0.119. The van der Waals surface area contributed by atoms with Gasteiger partial charge in [-0.25, -0.2) is 4.98 Å². The maximum atomic E-state index is 12.2. The number of anilines is 2. The third kappa shape index (κ3) is 3.93. The first-order chi connectivity index (χ1) is 9.72. The van der Waals surface area contributed by atoms with Crippen molar-refractivity contribution in [1.29, 1.82) is 0 Å². The molecule has 4 N–H and O–H groups in total. The summed E-state index contributed by atoms with van der Waals surface area (Å²) in [7, 11) is 0. The number of carbonyl (C=O) groups excluding carboxylic acids is 1. The smallest absolute Gasteiger partial charge is 0.227 e. The van der Waals surface area contributed by atoms with E-state index < -0.39 is 0 Å². The van der Waals surface area contributed by atoms with Crippen LogP contribution in [0.15, 0.2) is 18.3 Å². The highest BCUT2D eigenvalue weighted by atomic mass is 16.1. The zero-order valence-corrected chi connectivity index (χ0v) is 12.1. The summed E-state index contributed by atoms with van der Waals surface area (Å²) in [6.07, 6.45) is 5.72. The van der Waals surface area contributed by atoms with Crippen molar-refractivity contribution in [3.8, 4) is 0 Å². The van der Waals surface area contributed by atoms with Gasteiger partial charge in [0.15, 0.2) is 0 Å². The predicted molar refractivity (Wildman–Crippen MR) is 81.5 cm³/mol. The van der Waals surface area contributed by atoms with Gasteiger partial charge in [0.25, 0.3) is 0 Å². The topological polar surface area (TPSA) is 80.0 Å². The lowest BCUT2D eigenvalue weighted by molar-refractivity contribution is -0.121. The lowest BCUT2D eigenvalue weighted by Gasteiger charge is -2.26. The first-order valence-corrected chi connectivity index (χ1v) is 7.43. The molecular formula is C15H24N4O. The highest BCUT2D eigenvalue weighted by Crippen LogP contribution is 2.29. The van der Waals surface area contributed by atoms with Gasteiger partial charge in [0, 0.05) is 30.4 Å². The summed E-state index contributed by atoms with van der Waals surface area (Å²) in [6, 6.07) is 3.69. The van der Waals surface area contributed by atoms with Crippen molar-refractivity contribution < 1.29 is 4.79 Å². The molecule has 1 heterocycles. The van der Waals surface area contributed by atoms with Crippen LogP contribution >= 0.6 is 0 Å². The molecule has 2 rings (SSSR count). The van der Waals surface area contributed by atoms with Crippen LogP contribution in [0.5, 0.6) is 0 Å². The Morgan fingerprint density at radius 1 is 1.40 bits per heavy atom. The van der Waals surface area contributed by atoms with E-state index in [9.17, 15) is 4.79 Å². The summed E-state index contributed by atoms with van der Waals surface area (Å²) in [5, 5.41) is 6.13. The zero-order valence-electron chi connectivity index (χ0n) is 12.1. The molecule has 0 saturated heterocycles. The van der Waals surface area contributed by atoms with E-state index >= 15 is 0 Å². The summed E-state index contributed by atoms with van der Waals surface area (Å²) in [5.74, 6) is 1.63. The first-order valence-electron chi connectivity index (χ1n) is 7.43. The van der Waals surface area contributed by atoms with Crippen LogP contribution in [0.4, 0.5) is 11.5 Å². The second kappa shape index (κ2) is 7.24. The number of pyridine rings is 1. The van der Waals surface area contributed by atoms with Gasteiger partial charge in [-0.15, -0.1) is 0 Å². The average Bonchev–Trinajstić information content (AvgIpc) is 2.48. The molecule has 1 amide bonds. The Labute approximate surface area is 120 Å². The summed E-state index contributed by atoms with van der Waals surface area (Å²) in [5.41, 5.74) is 6.49. The SMILES string of the molecule is CCNc1cc(NC(=O)[C@H]2CC[C@H](CN)CC2)ccn1. The zero-order chi connectivity index (χ0) is 14.4. The summed E-state index contributed by atoms with van der Waals surface area (Å²) in [6.45, 7) is 3.57. The van der Waals surface area contributed by atoms with Crippen LogP contribution in [-0.2, 0) is 4.79 Å². The molecule has 0 aromatic carbocycles. The van der Waals surface area contributed by atoms with E-state index in [1.54, 1.807) is 6.20 Å². The Morgan fingerprint density at radius 3 is 2.80 bits per heavy atom. The van der Waals surface area contributed by atoms with Gasteiger partial charge in [-0.2, -0.15) is 0 Å². The van der Waals surface area contributed by atoms with E-state index in [2.05, 4.69) is 15.6 Å². The lowest BCUT2D eigenvalue weighted by atomic mass is 9.81. The van der Waals surface area contributed by atoms with Crippen molar-refractivity contribution in [1.82, 2.24) is 4.98 Å². The fourth-order valence-corrected chi connectivity index (χ4v) is 2.69. The molecule has 0 aliphatic heterocycles. The van der Waals surface area contributed by atoms with Gasteiger partial charge >= 0.3 is 0 Å². The molecule has 5 nitrogen and oxygen atoms in total. The summed E-state index contributed by atoms with van der Waals surface area (Å²) >= 11 is 0. The van der Waals surface area contributed by atoms with Crippen molar-refractivity contribution >= 4 is 17.4 Å². The number of carbonyl (C=O) groups is 1. The molecule has 1 aromatic rings. The van der Waals surface area contributed by atoms with Crippen molar-refractivity contribution in [2.45, 2.75) is 32.6 Å². The molecule has 0 radical (unpaired) electrons. The monoisotopic (exact) mass is 276 g/mol. The van der Waals surface area contributed by atoms with Crippen LogP contribution in [-0.4, -0.2) is 24.0 Å². The van der Waals surface area contributed by atoms with E-state index in [0.29, 0.717) is 5.92 Å². The van der Waals surface area contributed by atoms with E-state index in [-0.39, 0.29) is 11.8 Å². The molecule has 1 fully saturated rings. The van der Waals surface area contributed by atoms with Crippen LogP contribution < -0.4 is 16.4 Å². The van der Waals surface area contributed by atoms with Crippen LogP contribution in [0, 0.1) is 11.8 Å². The Morgan fingerprint density at radius 2 is 2.15 bits per heavy atom. The van der Waals surface area contributed by atoms with Crippen LogP contribution in [0.1, 0.15) is 32.6 Å². The molecule has 1 aliphatic rings. The Hall–Kier alpha value is -1.62. The molecule has 110 valence electrons. The number of rotatable bonds is 5. The minimum Gasteiger partial charge on any atom is -0.370 e. The number of aromatic nitrogens is 1. The van der Waals surface area contributed by atoms with Gasteiger partial charge in [-0.3, -0.25) is 4.79 Å². The maximum Gasteiger partial charge on any atom is 0.227 e. The number of nitrogens with one attached hydrogen (secondary N) is 2. The molecule has 1 aliphatic carbocycles. The predicted octanol–water partition coefficient (Wildman–Crippen LogP) is 2.22. The lowest BCUT2D eigenvalue weighted by Crippen LogP contribution is -2.29. The van der Waals surface area contributed by atoms with Gasteiger partial charge < -0.3 is 16.4 Å². The third-order valence-electron chi connectivity index (χ3n) is 3.94. The van der Waals surface area contributed by atoms with Crippen molar-refractivity contribution in [3.05, 3.63) is 18.3 Å². The standard InChI is InChI=1S/C15H24N4O/c1-2-17-14-9-13(7-8-18-14)19-15(20)12-5-3-11(10-16)4-6-12/h7-9,11-12H,2-6,10,16H2,1H3,(H2,17,18,19,20)/t11-,12-. The van der Waals surface area contributed by atoms with Crippen molar-refractivity contribution in [2.75, 3.05) is 23.7 Å². The highest BCUT2D eigenvalue weighted by Gasteiger charge is 2.25. The molecule has 0 spiro atoms. The summed E-state index contributed by atoms with van der Waals surface area (Å²) < 4.78 is 0. The van der Waals surface area contributed by atoms with Crippen LogP contribution in [0.2, 0.25) is 0 Å². The molecule has 5 heteroatoms. The second-order valence-corrected chi connectivity index (χ2v) is 5.40. The first kappa shape index (κ1) is 14.8. The normalized spacial score (nSPS) is 22.3. The van der Waals surface area contributed by atoms with E-state index in [4.69, 9.17) is 5.73 Å². The van der Waals surface area contributed by atoms with E-state index in [1.165, 1.54) is 0 Å². The molecule has 1 aromatic heterocycles. The molecule has 20 heavy (non-hydrogen) atoms. The van der Waals surface area contributed by atoms with Crippen molar-refractivity contribution in [3.63, 3.8) is 0 Å². The highest BCUT2D eigenvalue weighted by molar-refractivity contribution is 5.92. The van der Waals surface area contributed by atoms with E-state index in [0.717, 1.165) is 50.3 Å². The van der Waals surface area contributed by atoms with Gasteiger partial charge in [0.05, 0.1) is 0 Å². The number of amides is 1. The molecule has 0 unspecified atom stereocenters. The fraction of sp³-hybridized carbons (Fsp3) is 0.600. The number of nitrogens with two attached hydrogens (primary N) is 1. The van der Waals surface area contributed by atoms with Gasteiger partial charge in [0.2, 0.25) is 5.91 Å². The van der Waals surface area contributed by atoms with E-state index in [1.807, 2.05) is 19.1 Å². The van der Waals surface area contributed by atoms with Crippen LogP contribution in [0.3, 0.4) is 0 Å². The third-order valence-corrected chi connectivity index (χ3v) is 3.94. The minimum atomic E-state index is 0.119. The molecular weight excluding hydrogens is 252 g/mol. The molecule has 0 atom stereocenters. The van der Waals surface area contributed by atoms with Crippen molar-refractivity contribution in [2.24, 2.45) is 17.6 Å². The number of nitrogens with zero attached hydrogens (tertiary/aromatic N) is 1. The van der Waals surface area contributed by atoms with Gasteiger partial charge in [-0.1, -0.05) is 0 Å². The number of hydrogen-bond acceptors (Lipinski definition) is 4. The van der Waals surface area contributed by atoms with Gasteiger partial charge in [-0.05, 0) is 51.1 Å².